The monoisotopic (exact) mass is 371 g/mol. The highest BCUT2D eigenvalue weighted by atomic mass is 32.1. The molecule has 0 saturated heterocycles. The zero-order valence-electron chi connectivity index (χ0n) is 14.0. The Kier molecular flexibility index (Phi) is 5.80. The van der Waals surface area contributed by atoms with Crippen molar-refractivity contribution < 1.29 is 24.0 Å². The second-order valence-corrected chi connectivity index (χ2v) is 5.57. The third-order valence-electron chi connectivity index (χ3n) is 3.72. The molecule has 7 heteroatoms. The van der Waals surface area contributed by atoms with Crippen LogP contribution in [-0.2, 0) is 19.2 Å². The fraction of sp³-hybridized carbons (Fsp3) is 0.211. The van der Waals surface area contributed by atoms with E-state index in [-0.39, 0.29) is 6.61 Å². The summed E-state index contributed by atoms with van der Waals surface area (Å²) < 4.78 is 11.1. The molecule has 0 radical (unpaired) electrons. The number of nitrogens with zero attached hydrogens (tertiary/aromatic N) is 1. The third-order valence-corrected chi connectivity index (χ3v) is 3.80. The van der Waals surface area contributed by atoms with Gasteiger partial charge in [-0.2, -0.15) is 0 Å². The molecule has 2 aromatic rings. The molecule has 0 amide bonds. The first kappa shape index (κ1) is 17.9. The lowest BCUT2D eigenvalue weighted by Gasteiger charge is -2.17. The molecule has 2 atom stereocenters. The standard InChI is InChI=1S/C19H17NO5S/c1-2-22-19(21)16-17(13-8-10-15(11-9-13)25-23-12-26)24-18(20-16)14-6-4-3-5-7-14/h3-12,16-17H,2H2,1H3/t16-,17+/m0/s1. The maximum Gasteiger partial charge on any atom is 0.335 e. The summed E-state index contributed by atoms with van der Waals surface area (Å²) in [5.74, 6) is 0.468. The quantitative estimate of drug-likeness (QED) is 0.322. The topological polar surface area (TPSA) is 66.4 Å². The van der Waals surface area contributed by atoms with Gasteiger partial charge in [0, 0.05) is 5.56 Å². The molecule has 0 spiro atoms. The number of hydrogen-bond acceptors (Lipinski definition) is 7. The average Bonchev–Trinajstić information content (AvgIpc) is 3.13. The number of hydrogen-bond donors (Lipinski definition) is 0. The van der Waals surface area contributed by atoms with Gasteiger partial charge in [0.15, 0.2) is 17.9 Å². The average molecular weight is 371 g/mol. The van der Waals surface area contributed by atoms with E-state index in [2.05, 4.69) is 22.1 Å². The lowest BCUT2D eigenvalue weighted by Crippen LogP contribution is -2.26. The summed E-state index contributed by atoms with van der Waals surface area (Å²) in [4.78, 5) is 26.4. The highest BCUT2D eigenvalue weighted by Gasteiger charge is 2.39. The summed E-state index contributed by atoms with van der Waals surface area (Å²) in [5.41, 5.74) is 2.59. The molecule has 0 aromatic heterocycles. The highest BCUT2D eigenvalue weighted by Crippen LogP contribution is 2.32. The zero-order valence-corrected chi connectivity index (χ0v) is 14.8. The van der Waals surface area contributed by atoms with Crippen LogP contribution < -0.4 is 4.89 Å². The smallest absolute Gasteiger partial charge is 0.335 e. The first-order valence-electron chi connectivity index (χ1n) is 8.06. The summed E-state index contributed by atoms with van der Waals surface area (Å²) >= 11 is 4.53. The van der Waals surface area contributed by atoms with Crippen LogP contribution in [0.15, 0.2) is 59.6 Å². The number of aliphatic imine (C=N–C) groups is 1. The van der Waals surface area contributed by atoms with Gasteiger partial charge in [-0.3, -0.25) is 9.78 Å². The van der Waals surface area contributed by atoms with Crippen molar-refractivity contribution in [1.82, 2.24) is 0 Å². The van der Waals surface area contributed by atoms with Gasteiger partial charge in [-0.1, -0.05) is 30.3 Å². The minimum Gasteiger partial charge on any atom is -0.466 e. The first-order chi connectivity index (χ1) is 12.7. The summed E-state index contributed by atoms with van der Waals surface area (Å²) in [6, 6.07) is 15.6. The maximum absolute atomic E-state index is 12.3. The van der Waals surface area contributed by atoms with E-state index in [0.29, 0.717) is 11.6 Å². The number of carbonyl (C=O) groups is 1. The third kappa shape index (κ3) is 4.00. The van der Waals surface area contributed by atoms with E-state index in [9.17, 15) is 4.79 Å². The van der Waals surface area contributed by atoms with Crippen LogP contribution in [-0.4, -0.2) is 30.1 Å². The van der Waals surface area contributed by atoms with E-state index < -0.39 is 18.1 Å². The fourth-order valence-electron chi connectivity index (χ4n) is 2.58. The highest BCUT2D eigenvalue weighted by molar-refractivity contribution is 7.78. The van der Waals surface area contributed by atoms with Gasteiger partial charge in [0.25, 0.3) is 0 Å². The Morgan fingerprint density at radius 1 is 1.19 bits per heavy atom. The van der Waals surface area contributed by atoms with Gasteiger partial charge in [0.1, 0.15) is 0 Å². The van der Waals surface area contributed by atoms with Crippen LogP contribution >= 0.6 is 12.2 Å². The Hall–Kier alpha value is -2.93. The Morgan fingerprint density at radius 3 is 2.58 bits per heavy atom. The van der Waals surface area contributed by atoms with Gasteiger partial charge in [0.2, 0.25) is 11.5 Å². The molecule has 2 aromatic carbocycles. The summed E-state index contributed by atoms with van der Waals surface area (Å²) in [7, 11) is 0. The maximum atomic E-state index is 12.3. The first-order valence-corrected chi connectivity index (χ1v) is 8.53. The van der Waals surface area contributed by atoms with E-state index >= 15 is 0 Å². The summed E-state index contributed by atoms with van der Waals surface area (Å²) in [6.45, 7) is 2.03. The molecule has 1 aliphatic heterocycles. The van der Waals surface area contributed by atoms with Gasteiger partial charge in [-0.05, 0) is 49.0 Å². The molecule has 134 valence electrons. The van der Waals surface area contributed by atoms with Crippen LogP contribution in [0, 0.1) is 0 Å². The Morgan fingerprint density at radius 2 is 1.92 bits per heavy atom. The van der Waals surface area contributed by atoms with Gasteiger partial charge in [-0.15, -0.1) is 0 Å². The van der Waals surface area contributed by atoms with Crippen LogP contribution in [0.1, 0.15) is 24.2 Å². The molecule has 26 heavy (non-hydrogen) atoms. The molecule has 0 aliphatic carbocycles. The van der Waals surface area contributed by atoms with Crippen molar-refractivity contribution in [3.63, 3.8) is 0 Å². The zero-order chi connectivity index (χ0) is 18.4. The van der Waals surface area contributed by atoms with E-state index in [1.165, 1.54) is 0 Å². The molecular formula is C19H17NO5S. The van der Waals surface area contributed by atoms with Crippen molar-refractivity contribution in [3.8, 4) is 5.75 Å². The minimum atomic E-state index is -0.769. The largest absolute Gasteiger partial charge is 0.466 e. The van der Waals surface area contributed by atoms with Crippen molar-refractivity contribution in [3.05, 3.63) is 65.7 Å². The second-order valence-electron chi connectivity index (χ2n) is 5.38. The summed E-state index contributed by atoms with van der Waals surface area (Å²) in [5, 5.41) is 0. The van der Waals surface area contributed by atoms with E-state index in [0.717, 1.165) is 16.7 Å². The van der Waals surface area contributed by atoms with Crippen LogP contribution in [0.4, 0.5) is 0 Å². The normalized spacial score (nSPS) is 18.4. The van der Waals surface area contributed by atoms with E-state index in [1.54, 1.807) is 31.2 Å². The molecule has 1 heterocycles. The molecular weight excluding hydrogens is 354 g/mol. The number of rotatable bonds is 7. The molecule has 0 N–H and O–H groups in total. The lowest BCUT2D eigenvalue weighted by molar-refractivity contribution is -0.146. The lowest BCUT2D eigenvalue weighted by atomic mass is 10.0. The SMILES string of the molecule is CCOC(=O)[C@H]1N=C(c2ccccc2)O[C@@H]1c1ccc(OOC=S)cc1. The van der Waals surface area contributed by atoms with Crippen molar-refractivity contribution >= 4 is 29.6 Å². The number of carbonyl (C=O) groups excluding carboxylic acids is 1. The Bertz CT molecular complexity index is 791. The number of thiocarbonyl (C=S) groups is 1. The Balaban J connectivity index is 1.85. The number of benzene rings is 2. The number of esters is 1. The Labute approximate surface area is 156 Å². The molecule has 1 aliphatic rings. The van der Waals surface area contributed by atoms with Crippen LogP contribution in [0.2, 0.25) is 0 Å². The summed E-state index contributed by atoms with van der Waals surface area (Å²) in [6.07, 6.45) is -0.579. The molecule has 0 bridgehead atoms. The van der Waals surface area contributed by atoms with E-state index in [1.807, 2.05) is 30.3 Å². The number of ether oxygens (including phenoxy) is 2. The fourth-order valence-corrected chi connectivity index (χ4v) is 2.61. The van der Waals surface area contributed by atoms with Crippen LogP contribution in [0.5, 0.6) is 5.75 Å². The van der Waals surface area contributed by atoms with Crippen molar-refractivity contribution in [1.29, 1.82) is 0 Å². The van der Waals surface area contributed by atoms with Crippen molar-refractivity contribution in [2.75, 3.05) is 6.61 Å². The van der Waals surface area contributed by atoms with Crippen LogP contribution in [0.3, 0.4) is 0 Å². The molecule has 0 unspecified atom stereocenters. The van der Waals surface area contributed by atoms with Gasteiger partial charge in [-0.25, -0.2) is 9.79 Å². The molecule has 6 nitrogen and oxygen atoms in total. The van der Waals surface area contributed by atoms with Gasteiger partial charge < -0.3 is 9.47 Å². The van der Waals surface area contributed by atoms with Crippen molar-refractivity contribution in [2.45, 2.75) is 19.1 Å². The predicted octanol–water partition coefficient (Wildman–Crippen LogP) is 3.40. The van der Waals surface area contributed by atoms with Crippen LogP contribution in [0.25, 0.3) is 0 Å². The van der Waals surface area contributed by atoms with E-state index in [4.69, 9.17) is 14.4 Å². The molecule has 3 rings (SSSR count). The predicted molar refractivity (Wildman–Crippen MR) is 99.0 cm³/mol. The second kappa shape index (κ2) is 8.44. The van der Waals surface area contributed by atoms with Crippen molar-refractivity contribution in [2.24, 2.45) is 4.99 Å². The molecule has 0 saturated carbocycles. The minimum absolute atomic E-state index is 0.278. The van der Waals surface area contributed by atoms with Gasteiger partial charge >= 0.3 is 5.97 Å². The van der Waals surface area contributed by atoms with Gasteiger partial charge in [0.05, 0.1) is 6.61 Å². The molecule has 0 fully saturated rings.